The van der Waals surface area contributed by atoms with Crippen LogP contribution in [0.1, 0.15) is 33.5 Å². The van der Waals surface area contributed by atoms with Gasteiger partial charge in [0, 0.05) is 23.7 Å². The van der Waals surface area contributed by atoms with E-state index in [9.17, 15) is 13.2 Å². The summed E-state index contributed by atoms with van der Waals surface area (Å²) in [4.78, 5) is 15.0. The van der Waals surface area contributed by atoms with Gasteiger partial charge in [0.25, 0.3) is 0 Å². The van der Waals surface area contributed by atoms with E-state index in [2.05, 4.69) is 0 Å². The lowest BCUT2D eigenvalue weighted by atomic mass is 9.99. The van der Waals surface area contributed by atoms with E-state index in [4.69, 9.17) is 9.47 Å². The number of nitrogens with zero attached hydrogens (tertiary/aromatic N) is 1. The molecule has 7 heteroatoms. The molecule has 0 bridgehead atoms. The topological polar surface area (TPSA) is 72.9 Å². The van der Waals surface area contributed by atoms with Crippen LogP contribution in [0.4, 0.5) is 0 Å². The first kappa shape index (κ1) is 18.4. The summed E-state index contributed by atoms with van der Waals surface area (Å²) in [6, 6.07) is 11.4. The van der Waals surface area contributed by atoms with Crippen LogP contribution in [0.5, 0.6) is 11.5 Å². The fraction of sp³-hybridized carbons (Fsp3) is 0.318. The quantitative estimate of drug-likeness (QED) is 0.708. The van der Waals surface area contributed by atoms with Crippen molar-refractivity contribution in [2.45, 2.75) is 25.9 Å². The van der Waals surface area contributed by atoms with Gasteiger partial charge >= 0.3 is 0 Å². The van der Waals surface area contributed by atoms with Crippen LogP contribution >= 0.6 is 0 Å². The van der Waals surface area contributed by atoms with E-state index in [0.29, 0.717) is 36.8 Å². The van der Waals surface area contributed by atoms with Gasteiger partial charge in [0.2, 0.25) is 5.78 Å². The molecule has 1 saturated heterocycles. The smallest absolute Gasteiger partial charge is 0.231 e. The van der Waals surface area contributed by atoms with Crippen molar-refractivity contribution in [3.05, 3.63) is 64.4 Å². The second-order valence-corrected chi connectivity index (χ2v) is 10.0. The predicted molar refractivity (Wildman–Crippen MR) is 109 cm³/mol. The highest BCUT2D eigenvalue weighted by Gasteiger charge is 2.37. The van der Waals surface area contributed by atoms with Crippen LogP contribution in [0.3, 0.4) is 0 Å². The molecule has 150 valence electrons. The van der Waals surface area contributed by atoms with Crippen molar-refractivity contribution in [2.24, 2.45) is 0 Å². The lowest BCUT2D eigenvalue weighted by Crippen LogP contribution is -2.41. The molecule has 3 aliphatic heterocycles. The minimum absolute atomic E-state index is 0.0396. The number of benzene rings is 2. The maximum absolute atomic E-state index is 12.9. The molecular weight excluding hydrogens is 390 g/mol. The van der Waals surface area contributed by atoms with Gasteiger partial charge in [-0.05, 0) is 31.1 Å². The number of carbonyl (C=O) groups is 1. The van der Waals surface area contributed by atoms with Gasteiger partial charge in [-0.25, -0.2) is 8.42 Å². The van der Waals surface area contributed by atoms with Gasteiger partial charge in [-0.3, -0.25) is 9.69 Å². The molecule has 2 aromatic rings. The number of Topliss-reactive ketones (excluding diaryl/α,β-unsaturated/α-hetero) is 1. The Hall–Kier alpha value is -2.64. The number of rotatable bonds is 2. The predicted octanol–water partition coefficient (Wildman–Crippen LogP) is 2.95. The number of ketones is 1. The van der Waals surface area contributed by atoms with Crippen LogP contribution in [0.25, 0.3) is 6.08 Å². The highest BCUT2D eigenvalue weighted by molar-refractivity contribution is 7.91. The Bertz CT molecular complexity index is 1140. The molecule has 5 rings (SSSR count). The molecule has 0 spiro atoms. The molecule has 29 heavy (non-hydrogen) atoms. The van der Waals surface area contributed by atoms with Crippen LogP contribution in [-0.2, 0) is 16.4 Å². The number of hydrogen-bond donors (Lipinski definition) is 0. The van der Waals surface area contributed by atoms with E-state index in [1.54, 1.807) is 6.08 Å². The normalized spacial score (nSPS) is 24.1. The van der Waals surface area contributed by atoms with E-state index < -0.39 is 9.84 Å². The first-order chi connectivity index (χ1) is 13.9. The van der Waals surface area contributed by atoms with Crippen molar-refractivity contribution >= 4 is 21.7 Å². The first-order valence-corrected chi connectivity index (χ1v) is 11.5. The van der Waals surface area contributed by atoms with E-state index in [1.807, 2.05) is 48.2 Å². The zero-order chi connectivity index (χ0) is 20.2. The number of allylic oxidation sites excluding steroid dienone is 1. The van der Waals surface area contributed by atoms with Crippen LogP contribution in [0.15, 0.2) is 42.2 Å². The fourth-order valence-electron chi connectivity index (χ4n) is 4.26. The molecule has 0 aromatic heterocycles. The minimum Gasteiger partial charge on any atom is -0.477 e. The fourth-order valence-corrected chi connectivity index (χ4v) is 6.03. The van der Waals surface area contributed by atoms with Crippen LogP contribution < -0.4 is 9.47 Å². The molecule has 6 nitrogen and oxygen atoms in total. The third-order valence-electron chi connectivity index (χ3n) is 5.79. The average Bonchev–Trinajstić information content (AvgIpc) is 3.23. The molecule has 1 atom stereocenters. The summed E-state index contributed by atoms with van der Waals surface area (Å²) in [5, 5.41) is 0. The second-order valence-electron chi connectivity index (χ2n) is 7.79. The highest BCUT2D eigenvalue weighted by Crippen LogP contribution is 2.43. The summed E-state index contributed by atoms with van der Waals surface area (Å²) < 4.78 is 35.6. The van der Waals surface area contributed by atoms with Crippen molar-refractivity contribution in [1.82, 2.24) is 4.90 Å². The van der Waals surface area contributed by atoms with Crippen LogP contribution in [0, 0.1) is 6.92 Å². The number of carbonyl (C=O) groups excluding carboxylic acids is 1. The Balaban J connectivity index is 1.45. The standard InChI is InChI=1S/C22H21NO5S/c1-14-21-16(11-23(13-27-21)17-7-8-29(25,26)12-17)10-18-20(24)19(28-22(14)18)9-15-5-3-2-4-6-15/h2-6,9-10,17H,7-8,11-13H2,1H3/t17-/m0/s1. The molecule has 3 heterocycles. The lowest BCUT2D eigenvalue weighted by Gasteiger charge is -2.33. The Labute approximate surface area is 169 Å². The van der Waals surface area contributed by atoms with Crippen molar-refractivity contribution in [3.8, 4) is 11.5 Å². The Kier molecular flexibility index (Phi) is 4.26. The average molecular weight is 411 g/mol. The van der Waals surface area contributed by atoms with Gasteiger partial charge in [-0.1, -0.05) is 30.3 Å². The van der Waals surface area contributed by atoms with Crippen molar-refractivity contribution in [1.29, 1.82) is 0 Å². The molecule has 0 amide bonds. The summed E-state index contributed by atoms with van der Waals surface area (Å²) in [7, 11) is -2.96. The Morgan fingerprint density at radius 3 is 2.69 bits per heavy atom. The van der Waals surface area contributed by atoms with Crippen molar-refractivity contribution in [3.63, 3.8) is 0 Å². The molecule has 2 aromatic carbocycles. The zero-order valence-corrected chi connectivity index (χ0v) is 16.9. The zero-order valence-electron chi connectivity index (χ0n) is 16.1. The second kappa shape index (κ2) is 6.71. The number of hydrogen-bond acceptors (Lipinski definition) is 6. The van der Waals surface area contributed by atoms with E-state index in [1.165, 1.54) is 0 Å². The summed E-state index contributed by atoms with van der Waals surface area (Å²) in [6.45, 7) is 2.80. The van der Waals surface area contributed by atoms with E-state index in [0.717, 1.165) is 22.4 Å². The largest absolute Gasteiger partial charge is 0.477 e. The molecule has 3 aliphatic rings. The van der Waals surface area contributed by atoms with Gasteiger partial charge in [0.05, 0.1) is 17.1 Å². The van der Waals surface area contributed by atoms with Crippen LogP contribution in [0.2, 0.25) is 0 Å². The third-order valence-corrected chi connectivity index (χ3v) is 7.54. The van der Waals surface area contributed by atoms with Gasteiger partial charge in [0.15, 0.2) is 15.6 Å². The minimum atomic E-state index is -2.96. The van der Waals surface area contributed by atoms with Crippen molar-refractivity contribution < 1.29 is 22.7 Å². The van der Waals surface area contributed by atoms with Gasteiger partial charge in [-0.15, -0.1) is 0 Å². The van der Waals surface area contributed by atoms with Crippen molar-refractivity contribution in [2.75, 3.05) is 18.2 Å². The highest BCUT2D eigenvalue weighted by atomic mass is 32.2. The summed E-state index contributed by atoms with van der Waals surface area (Å²) in [5.74, 6) is 1.83. The van der Waals surface area contributed by atoms with Crippen LogP contribution in [-0.4, -0.2) is 43.4 Å². The Morgan fingerprint density at radius 1 is 1.17 bits per heavy atom. The Morgan fingerprint density at radius 2 is 1.97 bits per heavy atom. The summed E-state index contributed by atoms with van der Waals surface area (Å²) in [6.07, 6.45) is 2.37. The molecule has 0 radical (unpaired) electrons. The molecule has 0 unspecified atom stereocenters. The molecular formula is C22H21NO5S. The van der Waals surface area contributed by atoms with E-state index in [-0.39, 0.29) is 23.3 Å². The SMILES string of the molecule is Cc1c2c(cc3c1OC(=Cc1ccccc1)C3=O)CN([C@H]1CCS(=O)(=O)C1)CO2. The third kappa shape index (κ3) is 3.24. The number of fused-ring (bicyclic) bond motifs is 2. The number of sulfone groups is 1. The summed E-state index contributed by atoms with van der Waals surface area (Å²) >= 11 is 0. The monoisotopic (exact) mass is 411 g/mol. The number of ether oxygens (including phenoxy) is 2. The van der Waals surface area contributed by atoms with E-state index >= 15 is 0 Å². The van der Waals surface area contributed by atoms with Gasteiger partial charge < -0.3 is 9.47 Å². The molecule has 1 fully saturated rings. The maximum atomic E-state index is 12.9. The van der Waals surface area contributed by atoms with Gasteiger partial charge in [-0.2, -0.15) is 0 Å². The lowest BCUT2D eigenvalue weighted by molar-refractivity contribution is 0.0637. The summed E-state index contributed by atoms with van der Waals surface area (Å²) in [5.41, 5.74) is 3.14. The van der Waals surface area contributed by atoms with Gasteiger partial charge in [0.1, 0.15) is 18.2 Å². The first-order valence-electron chi connectivity index (χ1n) is 9.64. The molecule has 0 aliphatic carbocycles. The maximum Gasteiger partial charge on any atom is 0.231 e. The molecule has 0 saturated carbocycles. The molecule has 0 N–H and O–H groups in total.